The van der Waals surface area contributed by atoms with Crippen molar-refractivity contribution < 1.29 is 24.1 Å². The van der Waals surface area contributed by atoms with Crippen molar-refractivity contribution in [2.75, 3.05) is 40.1 Å². The summed E-state index contributed by atoms with van der Waals surface area (Å²) in [7, 11) is 1.54. The van der Waals surface area contributed by atoms with Gasteiger partial charge in [-0.2, -0.15) is 0 Å². The lowest BCUT2D eigenvalue weighted by Gasteiger charge is -2.38. The van der Waals surface area contributed by atoms with E-state index in [2.05, 4.69) is 4.90 Å². The molecular formula is C21H23ClN2O5. The Hall–Kier alpha value is -2.48. The lowest BCUT2D eigenvalue weighted by Crippen LogP contribution is -2.48. The number of benzene rings is 2. The van der Waals surface area contributed by atoms with Crippen LogP contribution < -0.4 is 14.2 Å². The third kappa shape index (κ3) is 4.27. The predicted molar refractivity (Wildman–Crippen MR) is 108 cm³/mol. The molecule has 2 aliphatic rings. The van der Waals surface area contributed by atoms with Gasteiger partial charge in [-0.3, -0.25) is 14.6 Å². The molecule has 0 radical (unpaired) electrons. The van der Waals surface area contributed by atoms with Crippen molar-refractivity contribution in [3.05, 3.63) is 52.5 Å². The highest BCUT2D eigenvalue weighted by Crippen LogP contribution is 2.34. The van der Waals surface area contributed by atoms with E-state index in [1.807, 2.05) is 23.1 Å². The first kappa shape index (κ1) is 19.8. The average molecular weight is 419 g/mol. The summed E-state index contributed by atoms with van der Waals surface area (Å²) in [5.74, 6) is 1.18. The summed E-state index contributed by atoms with van der Waals surface area (Å²) in [6, 6.07) is 10.3. The fourth-order valence-corrected chi connectivity index (χ4v) is 4.06. The molecule has 0 saturated carbocycles. The molecule has 154 valence electrons. The van der Waals surface area contributed by atoms with Crippen molar-refractivity contribution in [3.63, 3.8) is 0 Å². The first-order chi connectivity index (χ1) is 14.0. The number of halogens is 1. The SMILES string of the molecule is COc1ccc(Cl)cc1C(C(=O)O)N1CCN(Cc2ccc3c(c2)OCO3)CC1. The van der Waals surface area contributed by atoms with Gasteiger partial charge in [0.1, 0.15) is 11.8 Å². The molecule has 8 heteroatoms. The Kier molecular flexibility index (Phi) is 5.80. The number of rotatable bonds is 6. The lowest BCUT2D eigenvalue weighted by atomic mass is 10.0. The third-order valence-corrected chi connectivity index (χ3v) is 5.57. The van der Waals surface area contributed by atoms with Gasteiger partial charge in [0, 0.05) is 43.3 Å². The second-order valence-electron chi connectivity index (χ2n) is 7.13. The topological polar surface area (TPSA) is 71.5 Å². The highest BCUT2D eigenvalue weighted by atomic mass is 35.5. The highest BCUT2D eigenvalue weighted by Gasteiger charge is 2.32. The summed E-state index contributed by atoms with van der Waals surface area (Å²) in [5.41, 5.74) is 1.73. The number of piperazine rings is 1. The molecule has 1 fully saturated rings. The van der Waals surface area contributed by atoms with Crippen molar-refractivity contribution in [1.82, 2.24) is 9.80 Å². The second-order valence-corrected chi connectivity index (χ2v) is 7.56. The second kappa shape index (κ2) is 8.49. The standard InChI is InChI=1S/C21H23ClN2O5/c1-27-17-5-3-15(22)11-16(17)20(21(25)26)24-8-6-23(7-9-24)12-14-2-4-18-19(10-14)29-13-28-18/h2-5,10-11,20H,6-9,12-13H2,1H3,(H,25,26). The van der Waals surface area contributed by atoms with Crippen LogP contribution in [0.2, 0.25) is 5.02 Å². The molecular weight excluding hydrogens is 396 g/mol. The van der Waals surface area contributed by atoms with Crippen LogP contribution in [0.3, 0.4) is 0 Å². The fraction of sp³-hybridized carbons (Fsp3) is 0.381. The largest absolute Gasteiger partial charge is 0.496 e. The van der Waals surface area contributed by atoms with Gasteiger partial charge in [-0.05, 0) is 35.9 Å². The average Bonchev–Trinajstić information content (AvgIpc) is 3.17. The molecule has 0 aliphatic carbocycles. The summed E-state index contributed by atoms with van der Waals surface area (Å²) >= 11 is 6.12. The summed E-state index contributed by atoms with van der Waals surface area (Å²) in [6.07, 6.45) is 0. The molecule has 2 aromatic rings. The lowest BCUT2D eigenvalue weighted by molar-refractivity contribution is -0.144. The number of carboxylic acids is 1. The highest BCUT2D eigenvalue weighted by molar-refractivity contribution is 6.30. The monoisotopic (exact) mass is 418 g/mol. The number of fused-ring (bicyclic) bond motifs is 1. The third-order valence-electron chi connectivity index (χ3n) is 5.34. The van der Waals surface area contributed by atoms with E-state index < -0.39 is 12.0 Å². The molecule has 0 amide bonds. The van der Waals surface area contributed by atoms with Gasteiger partial charge in [-0.25, -0.2) is 0 Å². The summed E-state index contributed by atoms with van der Waals surface area (Å²) in [5, 5.41) is 10.4. The number of carbonyl (C=O) groups is 1. The van der Waals surface area contributed by atoms with Gasteiger partial charge in [-0.15, -0.1) is 0 Å². The Morgan fingerprint density at radius 2 is 1.90 bits per heavy atom. The van der Waals surface area contributed by atoms with Crippen LogP contribution >= 0.6 is 11.6 Å². The van der Waals surface area contributed by atoms with Gasteiger partial charge >= 0.3 is 5.97 Å². The van der Waals surface area contributed by atoms with E-state index in [0.717, 1.165) is 36.7 Å². The Morgan fingerprint density at radius 3 is 2.62 bits per heavy atom. The van der Waals surface area contributed by atoms with Crippen molar-refractivity contribution in [2.45, 2.75) is 12.6 Å². The number of aliphatic carboxylic acids is 1. The van der Waals surface area contributed by atoms with Gasteiger partial charge in [0.15, 0.2) is 11.5 Å². The van der Waals surface area contributed by atoms with Crippen molar-refractivity contribution in [3.8, 4) is 17.2 Å². The zero-order valence-corrected chi connectivity index (χ0v) is 16.9. The molecule has 7 nitrogen and oxygen atoms in total. The Morgan fingerprint density at radius 1 is 1.14 bits per heavy atom. The summed E-state index contributed by atoms with van der Waals surface area (Å²) < 4.78 is 16.2. The number of hydrogen-bond acceptors (Lipinski definition) is 6. The summed E-state index contributed by atoms with van der Waals surface area (Å²) in [6.45, 7) is 3.85. The van der Waals surface area contributed by atoms with Gasteiger partial charge in [0.2, 0.25) is 6.79 Å². The molecule has 0 spiro atoms. The first-order valence-electron chi connectivity index (χ1n) is 9.46. The first-order valence-corrected chi connectivity index (χ1v) is 9.84. The minimum absolute atomic E-state index is 0.265. The number of nitrogens with zero attached hydrogens (tertiary/aromatic N) is 2. The molecule has 1 unspecified atom stereocenters. The minimum Gasteiger partial charge on any atom is -0.496 e. The molecule has 1 N–H and O–H groups in total. The number of ether oxygens (including phenoxy) is 3. The molecule has 2 heterocycles. The van der Waals surface area contributed by atoms with Crippen LogP contribution in [0.15, 0.2) is 36.4 Å². The Bertz CT molecular complexity index is 899. The van der Waals surface area contributed by atoms with Gasteiger partial charge in [-0.1, -0.05) is 17.7 Å². The molecule has 0 bridgehead atoms. The maximum Gasteiger partial charge on any atom is 0.325 e. The van der Waals surface area contributed by atoms with Crippen LogP contribution in [0.25, 0.3) is 0 Å². The van der Waals surface area contributed by atoms with Crippen LogP contribution in [-0.2, 0) is 11.3 Å². The normalized spacial score (nSPS) is 17.9. The molecule has 2 aromatic carbocycles. The van der Waals surface area contributed by atoms with E-state index in [1.165, 1.54) is 7.11 Å². The van der Waals surface area contributed by atoms with Crippen LogP contribution in [-0.4, -0.2) is 61.0 Å². The number of carboxylic acid groups (broad SMARTS) is 1. The van der Waals surface area contributed by atoms with Crippen LogP contribution in [0.4, 0.5) is 0 Å². The maximum absolute atomic E-state index is 12.1. The predicted octanol–water partition coefficient (Wildman–Crippen LogP) is 3.02. The van der Waals surface area contributed by atoms with Gasteiger partial charge in [0.25, 0.3) is 0 Å². The van der Waals surface area contributed by atoms with E-state index in [1.54, 1.807) is 18.2 Å². The van der Waals surface area contributed by atoms with Crippen molar-refractivity contribution in [1.29, 1.82) is 0 Å². The summed E-state index contributed by atoms with van der Waals surface area (Å²) in [4.78, 5) is 16.4. The van der Waals surface area contributed by atoms with E-state index >= 15 is 0 Å². The molecule has 2 aliphatic heterocycles. The molecule has 1 atom stereocenters. The van der Waals surface area contributed by atoms with Crippen molar-refractivity contribution in [2.24, 2.45) is 0 Å². The fourth-order valence-electron chi connectivity index (χ4n) is 3.88. The quantitative estimate of drug-likeness (QED) is 0.773. The van der Waals surface area contributed by atoms with E-state index in [9.17, 15) is 9.90 Å². The van der Waals surface area contributed by atoms with Gasteiger partial charge < -0.3 is 19.3 Å². The zero-order valence-electron chi connectivity index (χ0n) is 16.1. The number of methoxy groups -OCH3 is 1. The molecule has 29 heavy (non-hydrogen) atoms. The maximum atomic E-state index is 12.1. The van der Waals surface area contributed by atoms with E-state index in [-0.39, 0.29) is 6.79 Å². The van der Waals surface area contributed by atoms with Crippen LogP contribution in [0.1, 0.15) is 17.2 Å². The van der Waals surface area contributed by atoms with E-state index in [0.29, 0.717) is 29.4 Å². The van der Waals surface area contributed by atoms with Crippen LogP contribution in [0, 0.1) is 0 Å². The Labute approximate surface area is 174 Å². The minimum atomic E-state index is -0.908. The Balaban J connectivity index is 1.43. The van der Waals surface area contributed by atoms with Gasteiger partial charge in [0.05, 0.1) is 7.11 Å². The van der Waals surface area contributed by atoms with Crippen LogP contribution in [0.5, 0.6) is 17.2 Å². The zero-order chi connectivity index (χ0) is 20.4. The van der Waals surface area contributed by atoms with Crippen molar-refractivity contribution >= 4 is 17.6 Å². The molecule has 0 aromatic heterocycles. The molecule has 4 rings (SSSR count). The molecule has 1 saturated heterocycles. The number of hydrogen-bond donors (Lipinski definition) is 1. The smallest absolute Gasteiger partial charge is 0.325 e. The van der Waals surface area contributed by atoms with E-state index in [4.69, 9.17) is 25.8 Å².